The number of hydrogen-bond acceptors (Lipinski definition) is 3. The second kappa shape index (κ2) is 7.69. The van der Waals surface area contributed by atoms with Gasteiger partial charge in [0.2, 0.25) is 5.91 Å². The minimum atomic E-state index is -2.58. The molecule has 1 atom stereocenters. The Kier molecular flexibility index (Phi) is 4.52. The number of amides is 1. The zero-order valence-electron chi connectivity index (χ0n) is 14.2. The second-order valence-electron chi connectivity index (χ2n) is 4.62. The van der Waals surface area contributed by atoms with Crippen molar-refractivity contribution < 1.29 is 18.4 Å². The Morgan fingerprint density at radius 3 is 2.89 bits per heavy atom. The zero-order valence-corrected chi connectivity index (χ0v) is 11.2. The van der Waals surface area contributed by atoms with E-state index in [1.807, 2.05) is 31.2 Å². The maximum atomic E-state index is 12.1. The Morgan fingerprint density at radius 2 is 2.26 bits per heavy atom. The highest BCUT2D eigenvalue weighted by Crippen LogP contribution is 2.07. The van der Waals surface area contributed by atoms with Crippen molar-refractivity contribution in [2.45, 2.75) is 26.8 Å². The molecule has 0 saturated heterocycles. The second-order valence-corrected chi connectivity index (χ2v) is 4.62. The Labute approximate surface area is 118 Å². The fourth-order valence-electron chi connectivity index (χ4n) is 1.83. The number of carbonyl (C=O) groups excluding carboxylic acids is 2. The highest BCUT2D eigenvalue weighted by Gasteiger charge is 2.19. The van der Waals surface area contributed by atoms with Gasteiger partial charge in [0, 0.05) is 20.0 Å². The molecule has 1 amide bonds. The number of hydrogen-bond donors (Lipinski definition) is 1. The van der Waals surface area contributed by atoms with E-state index in [0.29, 0.717) is 6.54 Å². The lowest BCUT2D eigenvalue weighted by Gasteiger charge is -2.14. The molecule has 0 spiro atoms. The van der Waals surface area contributed by atoms with E-state index in [2.05, 4.69) is 10.1 Å². The minimum Gasteiger partial charge on any atom is -0.384 e. The summed E-state index contributed by atoms with van der Waals surface area (Å²) in [6, 6.07) is 7.67. The van der Waals surface area contributed by atoms with Crippen molar-refractivity contribution in [2.24, 2.45) is 5.92 Å². The van der Waals surface area contributed by atoms with E-state index in [-0.39, 0.29) is 24.7 Å². The molecule has 1 rings (SSSR count). The van der Waals surface area contributed by atoms with Crippen molar-refractivity contribution in [3.05, 3.63) is 35.4 Å². The number of benzene rings is 1. The fraction of sp³-hybridized carbons (Fsp3) is 0.467. The lowest BCUT2D eigenvalue weighted by atomic mass is 10.0. The van der Waals surface area contributed by atoms with Crippen molar-refractivity contribution in [1.82, 2.24) is 5.32 Å². The van der Waals surface area contributed by atoms with Gasteiger partial charge in [0.05, 0.1) is 16.6 Å². The average Bonchev–Trinajstić information content (AvgIpc) is 2.39. The van der Waals surface area contributed by atoms with Crippen LogP contribution in [0.15, 0.2) is 24.3 Å². The third-order valence-corrected chi connectivity index (χ3v) is 2.74. The van der Waals surface area contributed by atoms with Crippen LogP contribution >= 0.6 is 0 Å². The number of Topliss-reactive ketones (excluding diaryl/α,β-unsaturated/α-hetero) is 1. The smallest absolute Gasteiger partial charge is 0.226 e. The molecule has 0 heterocycles. The summed E-state index contributed by atoms with van der Waals surface area (Å²) in [5, 5.41) is 2.71. The Hall–Kier alpha value is -1.68. The van der Waals surface area contributed by atoms with Crippen molar-refractivity contribution in [1.29, 1.82) is 0 Å². The first-order chi connectivity index (χ1) is 10.2. The summed E-state index contributed by atoms with van der Waals surface area (Å²) >= 11 is 0. The summed E-state index contributed by atoms with van der Waals surface area (Å²) in [4.78, 5) is 23.4. The molecule has 0 aromatic heterocycles. The van der Waals surface area contributed by atoms with Gasteiger partial charge in [-0.3, -0.25) is 4.79 Å². The Morgan fingerprint density at radius 1 is 1.47 bits per heavy atom. The fourth-order valence-corrected chi connectivity index (χ4v) is 1.83. The summed E-state index contributed by atoms with van der Waals surface area (Å²) < 4.78 is 25.7. The van der Waals surface area contributed by atoms with Crippen LogP contribution < -0.4 is 5.32 Å². The van der Waals surface area contributed by atoms with E-state index >= 15 is 0 Å². The highest BCUT2D eigenvalue weighted by molar-refractivity contribution is 5.85. The normalized spacial score (nSPS) is 14.9. The van der Waals surface area contributed by atoms with Gasteiger partial charge < -0.3 is 14.8 Å². The van der Waals surface area contributed by atoms with E-state index in [1.165, 1.54) is 6.92 Å². The van der Waals surface area contributed by atoms with Crippen LogP contribution in [0.3, 0.4) is 0 Å². The van der Waals surface area contributed by atoms with Crippen LogP contribution in [0, 0.1) is 12.8 Å². The van der Waals surface area contributed by atoms with Crippen molar-refractivity contribution in [3.8, 4) is 0 Å². The van der Waals surface area contributed by atoms with Crippen LogP contribution in [-0.2, 0) is 20.9 Å². The molecule has 0 aliphatic rings. The zero-order chi connectivity index (χ0) is 16.8. The van der Waals surface area contributed by atoms with Crippen LogP contribution in [0.5, 0.6) is 0 Å². The lowest BCUT2D eigenvalue weighted by Crippen LogP contribution is -2.33. The number of ketones is 1. The standard InChI is InChI=1S/C15H21NO3/c1-11-5-4-6-13(7-11)9-16-15(18)14(10-19-3)8-12(2)17/h4-7,14H,8-10H2,1-3H3,(H,16,18)/i3D3. The highest BCUT2D eigenvalue weighted by atomic mass is 16.5. The molecule has 1 aromatic rings. The molecule has 1 N–H and O–H groups in total. The van der Waals surface area contributed by atoms with Crippen LogP contribution in [0.1, 0.15) is 28.6 Å². The molecule has 0 aliphatic heterocycles. The van der Waals surface area contributed by atoms with E-state index in [0.717, 1.165) is 11.1 Å². The van der Waals surface area contributed by atoms with Gasteiger partial charge in [0.25, 0.3) is 0 Å². The third kappa shape index (κ3) is 5.66. The maximum absolute atomic E-state index is 12.1. The van der Waals surface area contributed by atoms with Crippen molar-refractivity contribution in [3.63, 3.8) is 0 Å². The quantitative estimate of drug-likeness (QED) is 0.819. The van der Waals surface area contributed by atoms with Gasteiger partial charge in [-0.2, -0.15) is 0 Å². The number of methoxy groups -OCH3 is 1. The van der Waals surface area contributed by atoms with Crippen LogP contribution in [0.2, 0.25) is 0 Å². The molecular weight excluding hydrogens is 242 g/mol. The molecule has 4 heteroatoms. The molecule has 0 saturated carbocycles. The number of rotatable bonds is 7. The van der Waals surface area contributed by atoms with Crippen LogP contribution in [0.4, 0.5) is 0 Å². The van der Waals surface area contributed by atoms with Crippen LogP contribution in [0.25, 0.3) is 0 Å². The molecule has 0 bridgehead atoms. The molecule has 0 aliphatic carbocycles. The summed E-state index contributed by atoms with van der Waals surface area (Å²) in [6.45, 7) is 3.32. The van der Waals surface area contributed by atoms with Crippen LogP contribution in [-0.4, -0.2) is 25.3 Å². The summed E-state index contributed by atoms with van der Waals surface area (Å²) in [6.07, 6.45) is -0.0459. The van der Waals surface area contributed by atoms with Gasteiger partial charge in [0.15, 0.2) is 0 Å². The third-order valence-electron chi connectivity index (χ3n) is 2.74. The number of ether oxygens (including phenoxy) is 1. The molecule has 104 valence electrons. The summed E-state index contributed by atoms with van der Waals surface area (Å²) in [5.41, 5.74) is 2.02. The van der Waals surface area contributed by atoms with Gasteiger partial charge >= 0.3 is 0 Å². The van der Waals surface area contributed by atoms with E-state index in [1.54, 1.807) is 0 Å². The lowest BCUT2D eigenvalue weighted by molar-refractivity contribution is -0.130. The molecule has 0 radical (unpaired) electrons. The van der Waals surface area contributed by atoms with Crippen molar-refractivity contribution in [2.75, 3.05) is 13.6 Å². The first kappa shape index (κ1) is 11.2. The molecule has 1 aromatic carbocycles. The molecule has 1 unspecified atom stereocenters. The van der Waals surface area contributed by atoms with Gasteiger partial charge in [-0.05, 0) is 19.4 Å². The van der Waals surface area contributed by atoms with E-state index in [9.17, 15) is 9.59 Å². The predicted molar refractivity (Wildman–Crippen MR) is 73.7 cm³/mol. The monoisotopic (exact) mass is 266 g/mol. The average molecular weight is 266 g/mol. The first-order valence-corrected chi connectivity index (χ1v) is 6.14. The van der Waals surface area contributed by atoms with Gasteiger partial charge in [-0.25, -0.2) is 0 Å². The number of aryl methyl sites for hydroxylation is 1. The number of nitrogens with one attached hydrogen (secondary N) is 1. The molecule has 19 heavy (non-hydrogen) atoms. The Bertz CT molecular complexity index is 529. The maximum Gasteiger partial charge on any atom is 0.226 e. The molecule has 0 fully saturated rings. The summed E-state index contributed by atoms with van der Waals surface area (Å²) in [5.74, 6) is -1.38. The largest absolute Gasteiger partial charge is 0.384 e. The van der Waals surface area contributed by atoms with Gasteiger partial charge in [0.1, 0.15) is 5.78 Å². The van der Waals surface area contributed by atoms with Crippen molar-refractivity contribution >= 4 is 11.7 Å². The molecule has 4 nitrogen and oxygen atoms in total. The van der Waals surface area contributed by atoms with Gasteiger partial charge in [-0.15, -0.1) is 0 Å². The minimum absolute atomic E-state index is 0.0459. The number of carbonyl (C=O) groups is 2. The predicted octanol–water partition coefficient (Wildman–Crippen LogP) is 1.85. The Balaban J connectivity index is 2.60. The first-order valence-electron chi connectivity index (χ1n) is 7.64. The topological polar surface area (TPSA) is 55.4 Å². The SMILES string of the molecule is [2H]C([2H])([2H])OCC(CC(C)=O)C(=O)NCc1cccc(C)c1. The molecular formula is C15H21NO3. The summed E-state index contributed by atoms with van der Waals surface area (Å²) in [7, 11) is -2.58. The van der Waals surface area contributed by atoms with Gasteiger partial charge in [-0.1, -0.05) is 29.8 Å². The van der Waals surface area contributed by atoms with E-state index < -0.39 is 13.0 Å². The van der Waals surface area contributed by atoms with E-state index in [4.69, 9.17) is 4.11 Å².